The molecule has 0 aliphatic rings. The zero-order valence-electron chi connectivity index (χ0n) is 34.3. The van der Waals surface area contributed by atoms with Crippen molar-refractivity contribution < 1.29 is 28.6 Å². The molecule has 0 spiro atoms. The quantitative estimate of drug-likeness (QED) is 0.0271. The molecule has 52 heavy (non-hydrogen) atoms. The van der Waals surface area contributed by atoms with E-state index >= 15 is 0 Å². The van der Waals surface area contributed by atoms with Gasteiger partial charge in [-0.2, -0.15) is 0 Å². The lowest BCUT2D eigenvalue weighted by atomic mass is 10.1. The predicted octanol–water partition coefficient (Wildman–Crippen LogP) is 13.8. The molecule has 0 amide bonds. The maximum atomic E-state index is 12.6. The number of esters is 3. The number of ether oxygens (including phenoxy) is 3. The maximum absolute atomic E-state index is 12.6. The first-order chi connectivity index (χ1) is 25.5. The summed E-state index contributed by atoms with van der Waals surface area (Å²) in [5.41, 5.74) is 0. The van der Waals surface area contributed by atoms with Gasteiger partial charge in [-0.1, -0.05) is 166 Å². The molecular formula is C46H82O6. The third kappa shape index (κ3) is 38.9. The van der Waals surface area contributed by atoms with Crippen molar-refractivity contribution in [2.75, 3.05) is 13.2 Å². The summed E-state index contributed by atoms with van der Waals surface area (Å²) >= 11 is 0. The zero-order valence-corrected chi connectivity index (χ0v) is 34.3. The van der Waals surface area contributed by atoms with E-state index in [-0.39, 0.29) is 31.1 Å². The van der Waals surface area contributed by atoms with Gasteiger partial charge in [0.05, 0.1) is 0 Å². The van der Waals surface area contributed by atoms with Crippen molar-refractivity contribution in [3.63, 3.8) is 0 Å². The highest BCUT2D eigenvalue weighted by Gasteiger charge is 2.19. The number of carbonyl (C=O) groups excluding carboxylic acids is 3. The number of hydrogen-bond donors (Lipinski definition) is 0. The Bertz CT molecular complexity index is 891. The van der Waals surface area contributed by atoms with Crippen molar-refractivity contribution in [2.24, 2.45) is 0 Å². The molecule has 0 aliphatic carbocycles. The number of carbonyl (C=O) groups is 3. The van der Waals surface area contributed by atoms with Crippen molar-refractivity contribution in [1.29, 1.82) is 0 Å². The highest BCUT2D eigenvalue weighted by molar-refractivity contribution is 5.71. The average molecular weight is 731 g/mol. The molecule has 0 fully saturated rings. The Morgan fingerprint density at radius 3 is 1.15 bits per heavy atom. The summed E-state index contributed by atoms with van der Waals surface area (Å²) in [5.74, 6) is -0.911. The molecule has 6 nitrogen and oxygen atoms in total. The van der Waals surface area contributed by atoms with Gasteiger partial charge >= 0.3 is 17.9 Å². The van der Waals surface area contributed by atoms with E-state index in [2.05, 4.69) is 57.2 Å². The van der Waals surface area contributed by atoms with Crippen LogP contribution in [0.15, 0.2) is 36.5 Å². The molecule has 0 rings (SSSR count). The van der Waals surface area contributed by atoms with E-state index in [0.29, 0.717) is 19.3 Å². The van der Waals surface area contributed by atoms with E-state index in [1.54, 1.807) is 0 Å². The lowest BCUT2D eigenvalue weighted by molar-refractivity contribution is -0.167. The van der Waals surface area contributed by atoms with Crippen LogP contribution in [0, 0.1) is 0 Å². The summed E-state index contributed by atoms with van der Waals surface area (Å²) in [6, 6.07) is 0. The van der Waals surface area contributed by atoms with Crippen LogP contribution in [-0.4, -0.2) is 37.2 Å². The van der Waals surface area contributed by atoms with Crippen molar-refractivity contribution in [2.45, 2.75) is 226 Å². The fraction of sp³-hybridized carbons (Fsp3) is 0.804. The van der Waals surface area contributed by atoms with Crippen LogP contribution in [0.1, 0.15) is 220 Å². The number of unbranched alkanes of at least 4 members (excludes halogenated alkanes) is 22. The highest BCUT2D eigenvalue weighted by Crippen LogP contribution is 2.13. The van der Waals surface area contributed by atoms with Gasteiger partial charge in [0.15, 0.2) is 6.10 Å². The topological polar surface area (TPSA) is 78.9 Å². The van der Waals surface area contributed by atoms with Gasteiger partial charge in [-0.25, -0.2) is 0 Å². The third-order valence-electron chi connectivity index (χ3n) is 9.37. The fourth-order valence-corrected chi connectivity index (χ4v) is 5.98. The molecule has 0 bridgehead atoms. The van der Waals surface area contributed by atoms with E-state index in [1.807, 2.05) is 0 Å². The van der Waals surface area contributed by atoms with Crippen molar-refractivity contribution >= 4 is 17.9 Å². The van der Waals surface area contributed by atoms with Gasteiger partial charge in [0.2, 0.25) is 0 Å². The molecule has 0 aromatic carbocycles. The SMILES string of the molecule is CCCC/C=C\CCCCCCCC(=O)OC(COC(=O)CCCCCCC/C=C\C/C=C\CCCCCC)COC(=O)CCCCCCCCC. The number of allylic oxidation sites excluding steroid dienone is 6. The molecule has 0 aromatic heterocycles. The maximum Gasteiger partial charge on any atom is 0.306 e. The Kier molecular flexibility index (Phi) is 39.5. The van der Waals surface area contributed by atoms with E-state index < -0.39 is 6.10 Å². The smallest absolute Gasteiger partial charge is 0.306 e. The van der Waals surface area contributed by atoms with Gasteiger partial charge in [-0.05, 0) is 70.6 Å². The Morgan fingerprint density at radius 2 is 0.712 bits per heavy atom. The van der Waals surface area contributed by atoms with E-state index in [4.69, 9.17) is 14.2 Å². The summed E-state index contributed by atoms with van der Waals surface area (Å²) in [4.78, 5) is 37.5. The molecular weight excluding hydrogens is 649 g/mol. The number of hydrogen-bond acceptors (Lipinski definition) is 6. The first kappa shape index (κ1) is 49.6. The average Bonchev–Trinajstić information content (AvgIpc) is 3.14. The summed E-state index contributed by atoms with van der Waals surface area (Å²) < 4.78 is 16.6. The zero-order chi connectivity index (χ0) is 38.0. The molecule has 0 aliphatic heterocycles. The molecule has 0 radical (unpaired) electrons. The molecule has 0 N–H and O–H groups in total. The van der Waals surface area contributed by atoms with E-state index in [0.717, 1.165) is 89.9 Å². The van der Waals surface area contributed by atoms with Crippen LogP contribution in [0.3, 0.4) is 0 Å². The van der Waals surface area contributed by atoms with Crippen LogP contribution in [0.4, 0.5) is 0 Å². The standard InChI is InChI=1S/C46H82O6/c1-4-7-10-13-16-18-20-21-22-23-24-26-27-30-33-36-39-45(48)51-42-43(41-50-44(47)38-35-32-29-15-12-9-6-3)52-46(49)40-37-34-31-28-25-19-17-14-11-8-5-2/h14,17-18,20,22-23,43H,4-13,15-16,19,21,24-42H2,1-3H3/b17-14-,20-18-,23-22-. The van der Waals surface area contributed by atoms with Crippen LogP contribution in [-0.2, 0) is 28.6 Å². The van der Waals surface area contributed by atoms with E-state index in [1.165, 1.54) is 89.9 Å². The Hall–Kier alpha value is -2.37. The van der Waals surface area contributed by atoms with Gasteiger partial charge in [0, 0.05) is 19.3 Å². The summed E-state index contributed by atoms with van der Waals surface area (Å²) in [5, 5.41) is 0. The minimum absolute atomic E-state index is 0.0795. The second-order valence-electron chi connectivity index (χ2n) is 14.6. The lowest BCUT2D eigenvalue weighted by Crippen LogP contribution is -2.30. The van der Waals surface area contributed by atoms with Crippen LogP contribution in [0.25, 0.3) is 0 Å². The fourth-order valence-electron chi connectivity index (χ4n) is 5.98. The molecule has 302 valence electrons. The Morgan fingerprint density at radius 1 is 0.385 bits per heavy atom. The molecule has 1 atom stereocenters. The molecule has 0 aromatic rings. The minimum Gasteiger partial charge on any atom is -0.462 e. The Balaban J connectivity index is 4.32. The molecule has 0 saturated carbocycles. The van der Waals surface area contributed by atoms with Gasteiger partial charge in [-0.3, -0.25) is 14.4 Å². The monoisotopic (exact) mass is 731 g/mol. The van der Waals surface area contributed by atoms with Crippen molar-refractivity contribution in [1.82, 2.24) is 0 Å². The second-order valence-corrected chi connectivity index (χ2v) is 14.6. The molecule has 0 saturated heterocycles. The van der Waals surface area contributed by atoms with Crippen molar-refractivity contribution in [3.05, 3.63) is 36.5 Å². The van der Waals surface area contributed by atoms with E-state index in [9.17, 15) is 14.4 Å². The molecule has 6 heteroatoms. The van der Waals surface area contributed by atoms with Gasteiger partial charge in [-0.15, -0.1) is 0 Å². The van der Waals surface area contributed by atoms with Crippen LogP contribution >= 0.6 is 0 Å². The van der Waals surface area contributed by atoms with Crippen molar-refractivity contribution in [3.8, 4) is 0 Å². The van der Waals surface area contributed by atoms with Crippen LogP contribution < -0.4 is 0 Å². The highest BCUT2D eigenvalue weighted by atomic mass is 16.6. The molecule has 1 unspecified atom stereocenters. The Labute approximate surface area is 321 Å². The third-order valence-corrected chi connectivity index (χ3v) is 9.37. The first-order valence-electron chi connectivity index (χ1n) is 22.0. The summed E-state index contributed by atoms with van der Waals surface area (Å²) in [6.07, 6.45) is 45.6. The largest absolute Gasteiger partial charge is 0.462 e. The molecule has 0 heterocycles. The van der Waals surface area contributed by atoms with Crippen LogP contribution in [0.2, 0.25) is 0 Å². The van der Waals surface area contributed by atoms with Gasteiger partial charge in [0.25, 0.3) is 0 Å². The summed E-state index contributed by atoms with van der Waals surface area (Å²) in [7, 11) is 0. The predicted molar refractivity (Wildman–Crippen MR) is 219 cm³/mol. The first-order valence-corrected chi connectivity index (χ1v) is 22.0. The second kappa shape index (κ2) is 41.4. The number of rotatable bonds is 39. The lowest BCUT2D eigenvalue weighted by Gasteiger charge is -2.18. The normalized spacial score (nSPS) is 12.3. The van der Waals surface area contributed by atoms with Gasteiger partial charge < -0.3 is 14.2 Å². The van der Waals surface area contributed by atoms with Crippen LogP contribution in [0.5, 0.6) is 0 Å². The summed E-state index contributed by atoms with van der Waals surface area (Å²) in [6.45, 7) is 6.51. The minimum atomic E-state index is -0.775. The van der Waals surface area contributed by atoms with Gasteiger partial charge in [0.1, 0.15) is 13.2 Å².